The Morgan fingerprint density at radius 3 is 2.59 bits per heavy atom. The lowest BCUT2D eigenvalue weighted by Gasteiger charge is -2.13. The van der Waals surface area contributed by atoms with Gasteiger partial charge in [0.2, 0.25) is 5.91 Å². The van der Waals surface area contributed by atoms with E-state index < -0.39 is 29.6 Å². The molecule has 0 aromatic heterocycles. The number of amides is 3. The molecule has 32 heavy (non-hydrogen) atoms. The van der Waals surface area contributed by atoms with Crippen LogP contribution in [0.1, 0.15) is 21.5 Å². The fraction of sp³-hybridized carbons (Fsp3) is 0.182. The predicted octanol–water partition coefficient (Wildman–Crippen LogP) is 4.12. The van der Waals surface area contributed by atoms with Crippen molar-refractivity contribution in [2.24, 2.45) is 0 Å². The number of rotatable bonds is 6. The minimum absolute atomic E-state index is 0.0783. The molecule has 1 aliphatic rings. The summed E-state index contributed by atoms with van der Waals surface area (Å²) >= 11 is 6.72. The van der Waals surface area contributed by atoms with Crippen LogP contribution in [0.15, 0.2) is 41.3 Å². The van der Waals surface area contributed by atoms with Crippen LogP contribution < -0.4 is 10.1 Å². The Morgan fingerprint density at radius 2 is 1.91 bits per heavy atom. The van der Waals surface area contributed by atoms with E-state index in [0.717, 1.165) is 22.2 Å². The Labute approximate surface area is 193 Å². The Kier molecular flexibility index (Phi) is 7.22. The average molecular weight is 475 g/mol. The third kappa shape index (κ3) is 5.12. The van der Waals surface area contributed by atoms with Gasteiger partial charge in [-0.05, 0) is 60.2 Å². The lowest BCUT2D eigenvalue weighted by molar-refractivity contribution is -0.127. The summed E-state index contributed by atoms with van der Waals surface area (Å²) in [6.07, 6.45) is 1.58. The van der Waals surface area contributed by atoms with Crippen molar-refractivity contribution in [1.29, 1.82) is 0 Å². The van der Waals surface area contributed by atoms with E-state index in [9.17, 15) is 19.2 Å². The molecular weight excluding hydrogens is 456 g/mol. The number of halogens is 1. The number of aryl methyl sites for hydroxylation is 1. The molecule has 1 fully saturated rings. The van der Waals surface area contributed by atoms with Crippen molar-refractivity contribution >= 4 is 58.1 Å². The Balaban J connectivity index is 1.72. The molecule has 0 radical (unpaired) electrons. The molecule has 1 heterocycles. The van der Waals surface area contributed by atoms with Crippen molar-refractivity contribution in [2.75, 3.05) is 26.1 Å². The van der Waals surface area contributed by atoms with Gasteiger partial charge in [0.1, 0.15) is 12.3 Å². The summed E-state index contributed by atoms with van der Waals surface area (Å²) in [6.45, 7) is 1.42. The van der Waals surface area contributed by atoms with Gasteiger partial charge in [-0.25, -0.2) is 4.79 Å². The number of carbonyl (C=O) groups excluding carboxylic acids is 4. The van der Waals surface area contributed by atoms with E-state index >= 15 is 0 Å². The maximum absolute atomic E-state index is 12.7. The maximum Gasteiger partial charge on any atom is 0.339 e. The Hall–Kier alpha value is -3.30. The number of esters is 1. The summed E-state index contributed by atoms with van der Waals surface area (Å²) in [6, 6.07) is 9.68. The van der Waals surface area contributed by atoms with Crippen LogP contribution in [0.3, 0.4) is 0 Å². The number of ether oxygens (including phenoxy) is 2. The Bertz CT molecular complexity index is 1150. The van der Waals surface area contributed by atoms with E-state index in [1.165, 1.54) is 25.3 Å². The van der Waals surface area contributed by atoms with Gasteiger partial charge in [0.25, 0.3) is 11.1 Å². The Morgan fingerprint density at radius 1 is 1.16 bits per heavy atom. The van der Waals surface area contributed by atoms with Crippen LogP contribution >= 0.6 is 23.4 Å². The molecule has 0 atom stereocenters. The normalized spacial score (nSPS) is 14.6. The molecule has 0 aliphatic carbocycles. The van der Waals surface area contributed by atoms with Crippen LogP contribution in [0.25, 0.3) is 6.08 Å². The fourth-order valence-corrected chi connectivity index (χ4v) is 3.96. The second kappa shape index (κ2) is 9.88. The number of nitrogens with one attached hydrogen (secondary N) is 1. The maximum atomic E-state index is 12.7. The van der Waals surface area contributed by atoms with E-state index in [1.54, 1.807) is 25.3 Å². The highest BCUT2D eigenvalue weighted by Crippen LogP contribution is 2.33. The first kappa shape index (κ1) is 23.4. The van der Waals surface area contributed by atoms with Gasteiger partial charge in [-0.1, -0.05) is 23.7 Å². The first-order chi connectivity index (χ1) is 15.2. The summed E-state index contributed by atoms with van der Waals surface area (Å²) in [7, 11) is 2.76. The van der Waals surface area contributed by atoms with Crippen LogP contribution in [-0.2, 0) is 14.3 Å². The number of methoxy groups -OCH3 is 2. The van der Waals surface area contributed by atoms with Gasteiger partial charge >= 0.3 is 5.97 Å². The standard InChI is InChI=1S/C22H19ClN2O6S/c1-12-4-5-13(8-17(12)30-2)9-18-20(27)25(22(29)32-18)11-19(26)24-14-6-7-16(23)15(10-14)21(28)31-3/h4-10H,11H2,1-3H3,(H,24,26)/b18-9+. The quantitative estimate of drug-likeness (QED) is 0.496. The largest absolute Gasteiger partial charge is 0.496 e. The van der Waals surface area contributed by atoms with Crippen LogP contribution in [-0.4, -0.2) is 48.7 Å². The number of imide groups is 1. The molecule has 0 bridgehead atoms. The zero-order valence-electron chi connectivity index (χ0n) is 17.4. The molecule has 1 saturated heterocycles. The van der Waals surface area contributed by atoms with Crippen molar-refractivity contribution in [3.05, 3.63) is 63.0 Å². The van der Waals surface area contributed by atoms with Gasteiger partial charge in [-0.15, -0.1) is 0 Å². The van der Waals surface area contributed by atoms with Crippen LogP contribution in [0.5, 0.6) is 5.75 Å². The predicted molar refractivity (Wildman–Crippen MR) is 122 cm³/mol. The lowest BCUT2D eigenvalue weighted by atomic mass is 10.1. The highest BCUT2D eigenvalue weighted by Gasteiger charge is 2.36. The molecule has 8 nitrogen and oxygen atoms in total. The van der Waals surface area contributed by atoms with E-state index in [1.807, 2.05) is 13.0 Å². The van der Waals surface area contributed by atoms with Gasteiger partial charge in [0.05, 0.1) is 29.7 Å². The zero-order chi connectivity index (χ0) is 23.4. The van der Waals surface area contributed by atoms with E-state index in [2.05, 4.69) is 10.1 Å². The van der Waals surface area contributed by atoms with Gasteiger partial charge < -0.3 is 14.8 Å². The number of thioether (sulfide) groups is 1. The highest BCUT2D eigenvalue weighted by atomic mass is 35.5. The summed E-state index contributed by atoms with van der Waals surface area (Å²) < 4.78 is 9.92. The van der Waals surface area contributed by atoms with Crippen LogP contribution in [0.4, 0.5) is 10.5 Å². The number of hydrogen-bond acceptors (Lipinski definition) is 7. The van der Waals surface area contributed by atoms with Gasteiger partial charge in [-0.3, -0.25) is 19.3 Å². The minimum atomic E-state index is -0.657. The SMILES string of the molecule is COC(=O)c1cc(NC(=O)CN2C(=O)S/C(=C/c3ccc(C)c(OC)c3)C2=O)ccc1Cl. The number of hydrogen-bond donors (Lipinski definition) is 1. The van der Waals surface area contributed by atoms with Gasteiger partial charge in [0.15, 0.2) is 0 Å². The van der Waals surface area contributed by atoms with Crippen molar-refractivity contribution in [1.82, 2.24) is 4.90 Å². The van der Waals surface area contributed by atoms with Gasteiger partial charge in [0, 0.05) is 5.69 Å². The van der Waals surface area contributed by atoms with E-state index in [0.29, 0.717) is 11.3 Å². The number of anilines is 1. The molecule has 3 amide bonds. The highest BCUT2D eigenvalue weighted by molar-refractivity contribution is 8.18. The second-order valence-electron chi connectivity index (χ2n) is 6.73. The molecule has 1 aliphatic heterocycles. The van der Waals surface area contributed by atoms with E-state index in [-0.39, 0.29) is 21.2 Å². The van der Waals surface area contributed by atoms with Crippen LogP contribution in [0, 0.1) is 6.92 Å². The summed E-state index contributed by atoms with van der Waals surface area (Å²) in [5.41, 5.74) is 1.98. The van der Waals surface area contributed by atoms with Gasteiger partial charge in [-0.2, -0.15) is 0 Å². The molecule has 3 rings (SSSR count). The monoisotopic (exact) mass is 474 g/mol. The first-order valence-corrected chi connectivity index (χ1v) is 10.5. The first-order valence-electron chi connectivity index (χ1n) is 9.31. The van der Waals surface area contributed by atoms with E-state index in [4.69, 9.17) is 16.3 Å². The average Bonchev–Trinajstić information content (AvgIpc) is 3.03. The number of carbonyl (C=O) groups is 4. The zero-order valence-corrected chi connectivity index (χ0v) is 19.0. The van der Waals surface area contributed by atoms with Crippen molar-refractivity contribution in [3.8, 4) is 5.75 Å². The molecule has 2 aromatic carbocycles. The lowest BCUT2D eigenvalue weighted by Crippen LogP contribution is -2.36. The molecule has 0 spiro atoms. The topological polar surface area (TPSA) is 102 Å². The van der Waals surface area contributed by atoms with Crippen LogP contribution in [0.2, 0.25) is 5.02 Å². The number of benzene rings is 2. The summed E-state index contributed by atoms with van der Waals surface area (Å²) in [5, 5.41) is 2.16. The fourth-order valence-electron chi connectivity index (χ4n) is 2.93. The minimum Gasteiger partial charge on any atom is -0.496 e. The molecule has 166 valence electrons. The molecule has 2 aromatic rings. The van der Waals surface area contributed by atoms with Crippen molar-refractivity contribution in [2.45, 2.75) is 6.92 Å². The third-order valence-electron chi connectivity index (χ3n) is 4.56. The second-order valence-corrected chi connectivity index (χ2v) is 8.13. The molecular formula is C22H19ClN2O6S. The summed E-state index contributed by atoms with van der Waals surface area (Å²) in [4.78, 5) is 50.2. The smallest absolute Gasteiger partial charge is 0.339 e. The number of nitrogens with zero attached hydrogens (tertiary/aromatic N) is 1. The third-order valence-corrected chi connectivity index (χ3v) is 5.80. The van der Waals surface area contributed by atoms with Crippen molar-refractivity contribution < 1.29 is 28.7 Å². The molecule has 10 heteroatoms. The molecule has 1 N–H and O–H groups in total. The molecule has 0 saturated carbocycles. The molecule has 0 unspecified atom stereocenters. The summed E-state index contributed by atoms with van der Waals surface area (Å²) in [5.74, 6) is -1.17. The van der Waals surface area contributed by atoms with Crippen molar-refractivity contribution in [3.63, 3.8) is 0 Å².